The van der Waals surface area contributed by atoms with Crippen LogP contribution in [0.2, 0.25) is 0 Å². The van der Waals surface area contributed by atoms with E-state index in [4.69, 9.17) is 4.74 Å². The highest BCUT2D eigenvalue weighted by atomic mass is 32.2. The smallest absolute Gasteiger partial charge is 0.264 e. The zero-order valence-corrected chi connectivity index (χ0v) is 9.47. The Balaban J connectivity index is 4.07. The summed E-state index contributed by atoms with van der Waals surface area (Å²) < 4.78 is 20.8. The maximum atomic E-state index is 11.2. The SMILES string of the molecule is C=C(/C=C\C)S(=O)O/N=C(/C)OCC. The van der Waals surface area contributed by atoms with Crippen molar-refractivity contribution in [2.75, 3.05) is 6.61 Å². The third-order valence-corrected chi connectivity index (χ3v) is 1.93. The van der Waals surface area contributed by atoms with Crippen LogP contribution < -0.4 is 0 Å². The molecule has 0 amide bonds. The van der Waals surface area contributed by atoms with E-state index in [0.717, 1.165) is 0 Å². The van der Waals surface area contributed by atoms with E-state index in [9.17, 15) is 4.21 Å². The molecule has 0 aliphatic heterocycles. The largest absolute Gasteiger partial charge is 0.479 e. The van der Waals surface area contributed by atoms with Crippen molar-refractivity contribution in [1.29, 1.82) is 0 Å². The van der Waals surface area contributed by atoms with Crippen LogP contribution >= 0.6 is 0 Å². The zero-order chi connectivity index (χ0) is 11.0. The van der Waals surface area contributed by atoms with E-state index in [1.54, 1.807) is 26.0 Å². The minimum atomic E-state index is -1.64. The van der Waals surface area contributed by atoms with Crippen molar-refractivity contribution in [3.63, 3.8) is 0 Å². The Labute approximate surface area is 86.9 Å². The van der Waals surface area contributed by atoms with Gasteiger partial charge in [0.05, 0.1) is 11.5 Å². The van der Waals surface area contributed by atoms with E-state index in [1.807, 2.05) is 6.92 Å². The molecule has 0 fully saturated rings. The quantitative estimate of drug-likeness (QED) is 0.307. The fourth-order valence-electron chi connectivity index (χ4n) is 0.611. The van der Waals surface area contributed by atoms with Crippen molar-refractivity contribution in [3.8, 4) is 0 Å². The minimum Gasteiger partial charge on any atom is -0.479 e. The van der Waals surface area contributed by atoms with E-state index in [1.165, 1.54) is 0 Å². The molecule has 1 atom stereocenters. The van der Waals surface area contributed by atoms with E-state index in [-0.39, 0.29) is 0 Å². The molecule has 5 heteroatoms. The van der Waals surface area contributed by atoms with Crippen molar-refractivity contribution in [1.82, 2.24) is 0 Å². The molecule has 1 unspecified atom stereocenters. The molecule has 0 radical (unpaired) electrons. The van der Waals surface area contributed by atoms with E-state index in [0.29, 0.717) is 17.4 Å². The lowest BCUT2D eigenvalue weighted by molar-refractivity contribution is 0.288. The molecule has 0 spiro atoms. The van der Waals surface area contributed by atoms with Crippen LogP contribution in [0.25, 0.3) is 0 Å². The highest BCUT2D eigenvalue weighted by molar-refractivity contribution is 7.84. The Hall–Kier alpha value is -1.10. The molecule has 0 aliphatic rings. The lowest BCUT2D eigenvalue weighted by Crippen LogP contribution is -2.01. The lowest BCUT2D eigenvalue weighted by atomic mass is 10.5. The van der Waals surface area contributed by atoms with Gasteiger partial charge in [-0.05, 0) is 25.1 Å². The van der Waals surface area contributed by atoms with Crippen molar-refractivity contribution in [3.05, 3.63) is 23.6 Å². The standard InChI is InChI=1S/C9H15NO3S/c1-5-7-8(3)14(11)13-10-9(4)12-6-2/h5,7H,3,6H2,1-2,4H3/b7-5-,10-9-. The first-order valence-electron chi connectivity index (χ1n) is 4.20. The molecule has 0 aromatic rings. The molecular formula is C9H15NO3S. The average Bonchev–Trinajstić information content (AvgIpc) is 2.15. The maximum Gasteiger partial charge on any atom is 0.264 e. The van der Waals surface area contributed by atoms with Gasteiger partial charge >= 0.3 is 0 Å². The molecule has 0 aromatic carbocycles. The molecule has 80 valence electrons. The van der Waals surface area contributed by atoms with Gasteiger partial charge < -0.3 is 4.74 Å². The van der Waals surface area contributed by atoms with Crippen LogP contribution in [0.1, 0.15) is 20.8 Å². The van der Waals surface area contributed by atoms with Crippen LogP contribution in [0.4, 0.5) is 0 Å². The van der Waals surface area contributed by atoms with Crippen LogP contribution in [-0.4, -0.2) is 16.7 Å². The minimum absolute atomic E-state index is 0.342. The summed E-state index contributed by atoms with van der Waals surface area (Å²) in [5.74, 6) is 0.342. The summed E-state index contributed by atoms with van der Waals surface area (Å²) in [6, 6.07) is 0. The number of rotatable bonds is 5. The molecule has 14 heavy (non-hydrogen) atoms. The first-order chi connectivity index (χ1) is 6.61. The highest BCUT2D eigenvalue weighted by Gasteiger charge is 2.02. The Morgan fingerprint density at radius 2 is 2.29 bits per heavy atom. The molecule has 0 bridgehead atoms. The first kappa shape index (κ1) is 12.9. The monoisotopic (exact) mass is 217 g/mol. The summed E-state index contributed by atoms with van der Waals surface area (Å²) >= 11 is -1.64. The number of hydrogen-bond donors (Lipinski definition) is 0. The van der Waals surface area contributed by atoms with E-state index in [2.05, 4.69) is 16.0 Å². The average molecular weight is 217 g/mol. The fraction of sp³-hybridized carbons (Fsp3) is 0.444. The van der Waals surface area contributed by atoms with Crippen molar-refractivity contribution in [2.45, 2.75) is 20.8 Å². The van der Waals surface area contributed by atoms with E-state index < -0.39 is 11.1 Å². The van der Waals surface area contributed by atoms with Crippen molar-refractivity contribution >= 4 is 17.0 Å². The summed E-state index contributed by atoms with van der Waals surface area (Å²) in [6.45, 7) is 9.30. The summed E-state index contributed by atoms with van der Waals surface area (Å²) in [4.78, 5) is 0.362. The summed E-state index contributed by atoms with van der Waals surface area (Å²) in [7, 11) is 0. The third-order valence-electron chi connectivity index (χ3n) is 1.15. The molecule has 0 aliphatic carbocycles. The van der Waals surface area contributed by atoms with Gasteiger partial charge in [-0.1, -0.05) is 12.7 Å². The molecule has 0 N–H and O–H groups in total. The number of ether oxygens (including phenoxy) is 1. The highest BCUT2D eigenvalue weighted by Crippen LogP contribution is 2.03. The van der Waals surface area contributed by atoms with Gasteiger partial charge in [-0.25, -0.2) is 4.21 Å². The Bertz CT molecular complexity index is 271. The van der Waals surface area contributed by atoms with Gasteiger partial charge in [-0.2, -0.15) is 0 Å². The molecule has 0 rings (SSSR count). The van der Waals surface area contributed by atoms with Gasteiger partial charge in [0.25, 0.3) is 11.1 Å². The van der Waals surface area contributed by atoms with Gasteiger partial charge in [0.1, 0.15) is 0 Å². The van der Waals surface area contributed by atoms with Crippen LogP contribution in [0.3, 0.4) is 0 Å². The predicted molar refractivity (Wildman–Crippen MR) is 57.9 cm³/mol. The Morgan fingerprint density at radius 3 is 2.79 bits per heavy atom. The van der Waals surface area contributed by atoms with Gasteiger partial charge in [-0.3, -0.25) is 4.28 Å². The second-order valence-electron chi connectivity index (χ2n) is 2.32. The number of allylic oxidation sites excluding steroid dienone is 2. The van der Waals surface area contributed by atoms with Crippen LogP contribution in [0, 0.1) is 0 Å². The topological polar surface area (TPSA) is 47.9 Å². The lowest BCUT2D eigenvalue weighted by Gasteiger charge is -2.01. The number of oxime groups is 1. The van der Waals surface area contributed by atoms with Gasteiger partial charge in [-0.15, -0.1) is 0 Å². The molecular weight excluding hydrogens is 202 g/mol. The van der Waals surface area contributed by atoms with Crippen molar-refractivity contribution in [2.24, 2.45) is 5.16 Å². The Morgan fingerprint density at radius 1 is 1.64 bits per heavy atom. The normalized spacial score (nSPS) is 14.1. The summed E-state index contributed by atoms with van der Waals surface area (Å²) in [5.41, 5.74) is 0. The summed E-state index contributed by atoms with van der Waals surface area (Å²) in [5, 5.41) is 3.52. The molecule has 0 saturated heterocycles. The van der Waals surface area contributed by atoms with Crippen molar-refractivity contribution < 1.29 is 13.2 Å². The van der Waals surface area contributed by atoms with Gasteiger partial charge in [0, 0.05) is 6.92 Å². The van der Waals surface area contributed by atoms with E-state index >= 15 is 0 Å². The fourth-order valence-corrected chi connectivity index (χ4v) is 1.13. The van der Waals surface area contributed by atoms with Gasteiger partial charge in [0.15, 0.2) is 0 Å². The molecule has 0 heterocycles. The first-order valence-corrected chi connectivity index (χ1v) is 5.27. The molecule has 0 saturated carbocycles. The molecule has 0 aromatic heterocycles. The third kappa shape index (κ3) is 5.53. The number of hydrogen-bond acceptors (Lipinski definition) is 4. The van der Waals surface area contributed by atoms with Crippen LogP contribution in [-0.2, 0) is 20.1 Å². The summed E-state index contributed by atoms with van der Waals surface area (Å²) in [6.07, 6.45) is 3.32. The maximum absolute atomic E-state index is 11.2. The predicted octanol–water partition coefficient (Wildman–Crippen LogP) is 2.13. The zero-order valence-electron chi connectivity index (χ0n) is 8.65. The van der Waals surface area contributed by atoms with Crippen LogP contribution in [0.5, 0.6) is 0 Å². The second kappa shape index (κ2) is 7.32. The second-order valence-corrected chi connectivity index (χ2v) is 3.46. The number of nitrogens with zero attached hydrogens (tertiary/aromatic N) is 1. The van der Waals surface area contributed by atoms with Gasteiger partial charge in [0.2, 0.25) is 5.90 Å². The van der Waals surface area contributed by atoms with Crippen LogP contribution in [0.15, 0.2) is 28.8 Å². The Kier molecular flexibility index (Phi) is 6.74. The molecule has 4 nitrogen and oxygen atoms in total.